The van der Waals surface area contributed by atoms with Crippen LogP contribution < -0.4 is 11.5 Å². The Kier molecular flexibility index (Phi) is 7.02. The Hall–Kier alpha value is -0.750. The molecule has 11 heavy (non-hydrogen) atoms. The Labute approximate surface area is 70.2 Å². The van der Waals surface area contributed by atoms with Gasteiger partial charge in [-0.25, -0.2) is 4.79 Å². The zero-order chi connectivity index (χ0) is 8.15. The van der Waals surface area contributed by atoms with Crippen LogP contribution in [-0.2, 0) is 9.59 Å². The molecule has 66 valence electrons. The maximum Gasteiger partial charge on any atom is 0.327 e. The highest BCUT2D eigenvalue weighted by Crippen LogP contribution is 1.86. The molecular formula is C5H13N2O3S+. The summed E-state index contributed by atoms with van der Waals surface area (Å²) in [6, 6.07) is -0.874. The summed E-state index contributed by atoms with van der Waals surface area (Å²) in [5.74, 6) is -1.32. The first-order chi connectivity index (χ1) is 4.57. The summed E-state index contributed by atoms with van der Waals surface area (Å²) in [7, 11) is 0. The fraction of sp³-hybridized carbons (Fsp3) is 0.600. The molecule has 0 saturated heterocycles. The Morgan fingerprint density at radius 2 is 2.09 bits per heavy atom. The van der Waals surface area contributed by atoms with Crippen LogP contribution in [0.5, 0.6) is 0 Å². The predicted octanol–water partition coefficient (Wildman–Crippen LogP) is -0.118. The summed E-state index contributed by atoms with van der Waals surface area (Å²) in [4.78, 5) is 20.5. The number of carboxylic acids is 1. The van der Waals surface area contributed by atoms with Gasteiger partial charge >= 0.3 is 5.97 Å². The van der Waals surface area contributed by atoms with Crippen molar-refractivity contribution >= 4 is 24.5 Å². The molecule has 0 aliphatic rings. The third-order valence-electron chi connectivity index (χ3n) is 0.858. The molecule has 0 bridgehead atoms. The number of carboxylic acid groups (broad SMARTS) is 1. The third-order valence-corrected chi connectivity index (χ3v) is 1.22. The molecule has 0 aromatic rings. The van der Waals surface area contributed by atoms with E-state index in [-0.39, 0.29) is 17.8 Å². The number of hydrogen-bond donors (Lipinski definition) is 4. The monoisotopic (exact) mass is 181 g/mol. The lowest BCUT2D eigenvalue weighted by Gasteiger charge is -2.08. The van der Waals surface area contributed by atoms with E-state index in [1.165, 1.54) is 6.92 Å². The number of carbonyl (C=O) groups excluding carboxylic acids is 1. The highest BCUT2D eigenvalue weighted by Gasteiger charge is 2.14. The van der Waals surface area contributed by atoms with Crippen molar-refractivity contribution in [1.82, 2.24) is 11.5 Å². The Morgan fingerprint density at radius 1 is 1.64 bits per heavy atom. The lowest BCUT2D eigenvalue weighted by atomic mass is 10.3. The molecule has 0 aromatic heterocycles. The maximum absolute atomic E-state index is 10.3. The fourth-order valence-corrected chi connectivity index (χ4v) is 0.678. The molecule has 0 radical (unpaired) electrons. The van der Waals surface area contributed by atoms with Crippen molar-refractivity contribution in [1.29, 1.82) is 0 Å². The second-order valence-electron chi connectivity index (χ2n) is 1.77. The molecule has 0 heterocycles. The van der Waals surface area contributed by atoms with Crippen molar-refractivity contribution < 1.29 is 14.7 Å². The lowest BCUT2D eigenvalue weighted by Crippen LogP contribution is -2.40. The van der Waals surface area contributed by atoms with Gasteiger partial charge in [-0.05, 0) is 0 Å². The van der Waals surface area contributed by atoms with Gasteiger partial charge in [-0.15, -0.1) is 0 Å². The van der Waals surface area contributed by atoms with Crippen molar-refractivity contribution in [2.45, 2.75) is 13.0 Å². The van der Waals surface area contributed by atoms with Crippen molar-refractivity contribution in [2.24, 2.45) is 0 Å². The first kappa shape index (κ1) is 12.9. The number of hydrogen-bond acceptors (Lipinski definition) is 3. The molecule has 1 amide bonds. The van der Waals surface area contributed by atoms with Crippen molar-refractivity contribution in [3.63, 3.8) is 0 Å². The lowest BCUT2D eigenvalue weighted by molar-refractivity contribution is -0.140. The normalized spacial score (nSPS) is 11.1. The molecule has 0 aliphatic carbocycles. The molecule has 6 N–H and O–H groups in total. The van der Waals surface area contributed by atoms with E-state index >= 15 is 0 Å². The van der Waals surface area contributed by atoms with E-state index in [4.69, 9.17) is 5.11 Å². The van der Waals surface area contributed by atoms with Crippen LogP contribution in [0.15, 0.2) is 0 Å². The van der Waals surface area contributed by atoms with Gasteiger partial charge in [0.15, 0.2) is 0 Å². The van der Waals surface area contributed by atoms with Crippen LogP contribution in [0.2, 0.25) is 0 Å². The Balaban J connectivity index is 0. The fourth-order valence-electron chi connectivity index (χ4n) is 0.431. The average Bonchev–Trinajstić information content (AvgIpc) is 1.81. The first-order valence-electron chi connectivity index (χ1n) is 2.68. The number of aliphatic carboxylic acids is 1. The molecule has 1 atom stereocenters. The van der Waals surface area contributed by atoms with Crippen molar-refractivity contribution in [3.05, 3.63) is 0 Å². The highest BCUT2D eigenvalue weighted by atomic mass is 32.1. The van der Waals surface area contributed by atoms with Gasteiger partial charge in [0.1, 0.15) is 6.04 Å². The van der Waals surface area contributed by atoms with Gasteiger partial charge in [-0.1, -0.05) is 0 Å². The molecule has 1 unspecified atom stereocenters. The second kappa shape index (κ2) is 5.99. The van der Waals surface area contributed by atoms with Crippen LogP contribution in [0.3, 0.4) is 0 Å². The van der Waals surface area contributed by atoms with Gasteiger partial charge in [-0.3, -0.25) is 4.79 Å². The van der Waals surface area contributed by atoms with E-state index < -0.39 is 12.0 Å². The minimum atomic E-state index is -1.06. The van der Waals surface area contributed by atoms with Crippen LogP contribution in [-0.4, -0.2) is 28.8 Å². The standard InChI is InChI=1S/C5H9NO3S.H3N/c1-3(7)6-4(2-10)5(8)9;/h4,10H,2H2,1H3,(H,6,7)(H,8,9);1H3/p+1. The first-order valence-corrected chi connectivity index (χ1v) is 3.32. The molecule has 6 heteroatoms. The molecule has 0 aromatic carbocycles. The number of quaternary nitrogens is 1. The number of thiol groups is 1. The van der Waals surface area contributed by atoms with E-state index in [2.05, 4.69) is 17.9 Å². The SMILES string of the molecule is CC(=O)NC(CS)C(=O)O.[NH4+]. The van der Waals surface area contributed by atoms with Crippen LogP contribution in [0.1, 0.15) is 6.92 Å². The summed E-state index contributed by atoms with van der Waals surface area (Å²) in [6.07, 6.45) is 0. The van der Waals surface area contributed by atoms with Crippen molar-refractivity contribution in [2.75, 3.05) is 5.75 Å². The predicted molar refractivity (Wildman–Crippen MR) is 45.1 cm³/mol. The Bertz CT molecular complexity index is 151. The van der Waals surface area contributed by atoms with E-state index in [1.54, 1.807) is 0 Å². The van der Waals surface area contributed by atoms with Gasteiger partial charge < -0.3 is 16.6 Å². The van der Waals surface area contributed by atoms with Crippen LogP contribution in [0.25, 0.3) is 0 Å². The summed E-state index contributed by atoms with van der Waals surface area (Å²) in [6.45, 7) is 1.26. The number of amides is 1. The summed E-state index contributed by atoms with van der Waals surface area (Å²) < 4.78 is 0. The van der Waals surface area contributed by atoms with Crippen LogP contribution >= 0.6 is 12.6 Å². The average molecular weight is 181 g/mol. The van der Waals surface area contributed by atoms with Gasteiger partial charge in [0, 0.05) is 12.7 Å². The van der Waals surface area contributed by atoms with Crippen molar-refractivity contribution in [3.8, 4) is 0 Å². The van der Waals surface area contributed by atoms with Gasteiger partial charge in [0.05, 0.1) is 0 Å². The van der Waals surface area contributed by atoms with Gasteiger partial charge in [-0.2, -0.15) is 12.6 Å². The summed E-state index contributed by atoms with van der Waals surface area (Å²) >= 11 is 3.73. The maximum atomic E-state index is 10.3. The number of rotatable bonds is 3. The number of nitrogens with one attached hydrogen (secondary N) is 1. The minimum Gasteiger partial charge on any atom is -0.480 e. The van der Waals surface area contributed by atoms with E-state index in [1.807, 2.05) is 0 Å². The largest absolute Gasteiger partial charge is 0.480 e. The zero-order valence-electron chi connectivity index (χ0n) is 6.50. The Morgan fingerprint density at radius 3 is 2.18 bits per heavy atom. The van der Waals surface area contributed by atoms with Crippen LogP contribution in [0.4, 0.5) is 0 Å². The molecule has 0 saturated carbocycles. The summed E-state index contributed by atoms with van der Waals surface area (Å²) in [5, 5.41) is 10.6. The van der Waals surface area contributed by atoms with Crippen LogP contribution in [0, 0.1) is 0 Å². The highest BCUT2D eigenvalue weighted by molar-refractivity contribution is 7.80. The quantitative estimate of drug-likeness (QED) is 0.456. The van der Waals surface area contributed by atoms with E-state index in [0.717, 1.165) is 0 Å². The zero-order valence-corrected chi connectivity index (χ0v) is 7.39. The van der Waals surface area contributed by atoms with E-state index in [9.17, 15) is 9.59 Å². The molecule has 0 rings (SSSR count). The topological polar surface area (TPSA) is 103 Å². The third kappa shape index (κ3) is 5.68. The molecule has 5 nitrogen and oxygen atoms in total. The molecular weight excluding hydrogens is 168 g/mol. The smallest absolute Gasteiger partial charge is 0.327 e. The molecule has 0 spiro atoms. The minimum absolute atomic E-state index is 0. The molecule has 0 aliphatic heterocycles. The van der Waals surface area contributed by atoms with Gasteiger partial charge in [0.25, 0.3) is 0 Å². The summed E-state index contributed by atoms with van der Waals surface area (Å²) in [5.41, 5.74) is 0. The molecule has 0 fully saturated rings. The van der Waals surface area contributed by atoms with Gasteiger partial charge in [0.2, 0.25) is 5.91 Å². The second-order valence-corrected chi connectivity index (χ2v) is 2.14. The van der Waals surface area contributed by atoms with E-state index in [0.29, 0.717) is 0 Å². The number of carbonyl (C=O) groups is 2.